The molecule has 2 aromatic heterocycles. The predicted molar refractivity (Wildman–Crippen MR) is 61.0 cm³/mol. The second kappa shape index (κ2) is 4.60. The van der Waals surface area contributed by atoms with Gasteiger partial charge in [-0.3, -0.25) is 9.67 Å². The van der Waals surface area contributed by atoms with Gasteiger partial charge in [0, 0.05) is 25.5 Å². The molecule has 2 rings (SSSR count). The van der Waals surface area contributed by atoms with Crippen molar-refractivity contribution < 1.29 is 9.76 Å². The minimum Gasteiger partial charge on any atom is -0.333 e. The van der Waals surface area contributed by atoms with Gasteiger partial charge < -0.3 is 5.32 Å². The van der Waals surface area contributed by atoms with Gasteiger partial charge in [-0.05, 0) is 6.07 Å². The van der Waals surface area contributed by atoms with E-state index in [4.69, 9.17) is 0 Å². The third kappa shape index (κ3) is 2.39. The summed E-state index contributed by atoms with van der Waals surface area (Å²) >= 11 is 0. The number of nitrogens with zero attached hydrogens (tertiary/aromatic N) is 4. The molecule has 0 amide bonds. The topological polar surface area (TPSA) is 72.1 Å². The van der Waals surface area contributed by atoms with Crippen LogP contribution in [0.4, 0.5) is 17.2 Å². The molecule has 0 aliphatic carbocycles. The lowest BCUT2D eigenvalue weighted by atomic mass is 10.3. The average Bonchev–Trinajstić information content (AvgIpc) is 2.74. The van der Waals surface area contributed by atoms with Crippen LogP contribution in [0, 0.1) is 4.91 Å². The van der Waals surface area contributed by atoms with Crippen LogP contribution in [0.1, 0.15) is 0 Å². The quantitative estimate of drug-likeness (QED) is 0.812. The molecule has 88 valence electrons. The van der Waals surface area contributed by atoms with Crippen LogP contribution < -0.4 is 5.32 Å². The van der Waals surface area contributed by atoms with E-state index in [-0.39, 0.29) is 0 Å². The van der Waals surface area contributed by atoms with Crippen molar-refractivity contribution in [3.63, 3.8) is 0 Å². The van der Waals surface area contributed by atoms with Crippen LogP contribution in [-0.4, -0.2) is 26.8 Å². The van der Waals surface area contributed by atoms with Crippen molar-refractivity contribution >= 4 is 17.2 Å². The van der Waals surface area contributed by atoms with Crippen molar-refractivity contribution in [3.8, 4) is 0 Å². The van der Waals surface area contributed by atoms with Gasteiger partial charge in [0.25, 0.3) is 4.92 Å². The average molecular weight is 234 g/mol. The number of nitrogens with one attached hydrogen (secondary N) is 1. The molecule has 0 aliphatic rings. The molecule has 7 nitrogen and oxygen atoms in total. The summed E-state index contributed by atoms with van der Waals surface area (Å²) in [5, 5.41) is 7.17. The maximum Gasteiger partial charge on any atom is 0.358 e. The fraction of sp³-hybridized carbons (Fsp3) is 0.200. The van der Waals surface area contributed by atoms with Crippen molar-refractivity contribution in [2.45, 2.75) is 0 Å². The molecule has 0 fully saturated rings. The van der Waals surface area contributed by atoms with Crippen LogP contribution in [0.5, 0.6) is 0 Å². The molecule has 0 spiro atoms. The molecule has 7 heteroatoms. The van der Waals surface area contributed by atoms with E-state index in [0.29, 0.717) is 22.1 Å². The Kier molecular flexibility index (Phi) is 2.99. The first-order valence-corrected chi connectivity index (χ1v) is 4.93. The molecule has 1 N–H and O–H groups in total. The summed E-state index contributed by atoms with van der Waals surface area (Å²) in [6.45, 7) is 0. The molecule has 0 saturated carbocycles. The van der Waals surface area contributed by atoms with E-state index in [1.807, 2.05) is 7.05 Å². The van der Waals surface area contributed by atoms with Gasteiger partial charge in [-0.25, -0.2) is 4.84 Å². The van der Waals surface area contributed by atoms with Gasteiger partial charge in [-0.15, -0.1) is 0 Å². The monoisotopic (exact) mass is 234 g/mol. The van der Waals surface area contributed by atoms with Crippen molar-refractivity contribution in [3.05, 3.63) is 35.6 Å². The van der Waals surface area contributed by atoms with Gasteiger partial charge in [0.1, 0.15) is 11.9 Å². The molecular weight excluding hydrogens is 222 g/mol. The van der Waals surface area contributed by atoms with E-state index >= 15 is 0 Å². The normalized spacial score (nSPS) is 10.0. The standard InChI is InChI=1S/C10H12N5O2/c1-14-6-4-10(13-14)12-8-3-5-11-7-9(8)15(16)17-2/h3-7H,1-2H3,(H,11,12,13)/q+1. The summed E-state index contributed by atoms with van der Waals surface area (Å²) in [6, 6.07) is 3.47. The fourth-order valence-corrected chi connectivity index (χ4v) is 1.36. The molecule has 17 heavy (non-hydrogen) atoms. The van der Waals surface area contributed by atoms with Crippen LogP contribution in [0.25, 0.3) is 0 Å². The van der Waals surface area contributed by atoms with Crippen LogP contribution >= 0.6 is 0 Å². The zero-order valence-corrected chi connectivity index (χ0v) is 9.49. The van der Waals surface area contributed by atoms with E-state index in [2.05, 4.69) is 20.2 Å². The van der Waals surface area contributed by atoms with E-state index in [1.165, 1.54) is 13.3 Å². The van der Waals surface area contributed by atoms with Gasteiger partial charge in [-0.2, -0.15) is 5.10 Å². The van der Waals surface area contributed by atoms with Gasteiger partial charge in [0.05, 0.1) is 4.91 Å². The first kappa shape index (κ1) is 11.1. The molecular formula is C10H12N5O2+. The Labute approximate surface area is 97.6 Å². The van der Waals surface area contributed by atoms with Gasteiger partial charge in [0.2, 0.25) is 0 Å². The Morgan fingerprint density at radius 2 is 2.29 bits per heavy atom. The SMILES string of the molecule is CO[N+](=O)c1cnccc1Nc1ccn(C)n1. The Morgan fingerprint density at radius 3 is 2.94 bits per heavy atom. The zero-order valence-electron chi connectivity index (χ0n) is 9.49. The minimum atomic E-state index is 0.292. The highest BCUT2D eigenvalue weighted by atomic mass is 16.8. The van der Waals surface area contributed by atoms with Crippen molar-refractivity contribution in [1.82, 2.24) is 14.8 Å². The first-order valence-electron chi connectivity index (χ1n) is 4.93. The third-order valence-corrected chi connectivity index (χ3v) is 2.14. The van der Waals surface area contributed by atoms with Crippen molar-refractivity contribution in [1.29, 1.82) is 0 Å². The smallest absolute Gasteiger partial charge is 0.333 e. The van der Waals surface area contributed by atoms with Crippen LogP contribution in [0.15, 0.2) is 30.7 Å². The maximum absolute atomic E-state index is 11.4. The number of aromatic nitrogens is 3. The summed E-state index contributed by atoms with van der Waals surface area (Å²) in [4.78, 5) is 20.3. The summed E-state index contributed by atoms with van der Waals surface area (Å²) in [6.07, 6.45) is 4.80. The molecule has 0 aromatic carbocycles. The number of anilines is 2. The molecule has 2 aromatic rings. The number of hydrogen-bond donors (Lipinski definition) is 1. The Balaban J connectivity index is 2.29. The molecule has 0 bridgehead atoms. The molecule has 0 unspecified atom stereocenters. The van der Waals surface area contributed by atoms with Crippen molar-refractivity contribution in [2.75, 3.05) is 12.4 Å². The Bertz CT molecular complexity index is 537. The van der Waals surface area contributed by atoms with E-state index in [1.54, 1.807) is 29.2 Å². The molecule has 0 atom stereocenters. The highest BCUT2D eigenvalue weighted by Crippen LogP contribution is 2.25. The number of rotatable bonds is 4. The Hall–Kier alpha value is -2.44. The fourth-order valence-electron chi connectivity index (χ4n) is 1.36. The van der Waals surface area contributed by atoms with Crippen LogP contribution in [-0.2, 0) is 11.9 Å². The summed E-state index contributed by atoms with van der Waals surface area (Å²) in [5.41, 5.74) is 0.871. The number of aryl methyl sites for hydroxylation is 1. The summed E-state index contributed by atoms with van der Waals surface area (Å²) < 4.78 is 1.66. The van der Waals surface area contributed by atoms with Gasteiger partial charge >= 0.3 is 5.69 Å². The zero-order chi connectivity index (χ0) is 12.3. The van der Waals surface area contributed by atoms with E-state index in [0.717, 1.165) is 0 Å². The molecule has 0 aliphatic heterocycles. The van der Waals surface area contributed by atoms with Gasteiger partial charge in [-0.1, -0.05) is 0 Å². The second-order valence-corrected chi connectivity index (χ2v) is 3.33. The highest BCUT2D eigenvalue weighted by molar-refractivity contribution is 5.66. The van der Waals surface area contributed by atoms with E-state index in [9.17, 15) is 4.91 Å². The van der Waals surface area contributed by atoms with Crippen LogP contribution in [0.3, 0.4) is 0 Å². The predicted octanol–water partition coefficient (Wildman–Crippen LogP) is 1.53. The molecule has 2 heterocycles. The lowest BCUT2D eigenvalue weighted by Crippen LogP contribution is -2.03. The molecule has 0 radical (unpaired) electrons. The van der Waals surface area contributed by atoms with Gasteiger partial charge in [0.15, 0.2) is 12.9 Å². The van der Waals surface area contributed by atoms with Crippen molar-refractivity contribution in [2.24, 2.45) is 7.05 Å². The molecule has 0 saturated heterocycles. The summed E-state index contributed by atoms with van der Waals surface area (Å²) in [5.74, 6) is 0.643. The maximum atomic E-state index is 11.4. The third-order valence-electron chi connectivity index (χ3n) is 2.14. The number of hydrogen-bond acceptors (Lipinski definition) is 5. The number of pyridine rings is 1. The minimum absolute atomic E-state index is 0.292. The van der Waals surface area contributed by atoms with Crippen LogP contribution in [0.2, 0.25) is 0 Å². The lowest BCUT2D eigenvalue weighted by Gasteiger charge is -2.01. The largest absolute Gasteiger partial charge is 0.358 e. The lowest BCUT2D eigenvalue weighted by molar-refractivity contribution is -0.736. The first-order chi connectivity index (χ1) is 8.20. The Morgan fingerprint density at radius 1 is 1.47 bits per heavy atom. The highest BCUT2D eigenvalue weighted by Gasteiger charge is 2.21. The second-order valence-electron chi connectivity index (χ2n) is 3.33. The summed E-state index contributed by atoms with van der Waals surface area (Å²) in [7, 11) is 3.11. The van der Waals surface area contributed by atoms with E-state index < -0.39 is 0 Å².